The molecule has 0 saturated heterocycles. The van der Waals surface area contributed by atoms with Crippen molar-refractivity contribution in [2.75, 3.05) is 5.32 Å². The van der Waals surface area contributed by atoms with Crippen LogP contribution in [-0.4, -0.2) is 0 Å². The lowest BCUT2D eigenvalue weighted by Crippen LogP contribution is -2.00. The minimum absolute atomic E-state index is 0.799. The number of anilines is 1. The fourth-order valence-electron chi connectivity index (χ4n) is 2.85. The standard InChI is InChI=1S/C21H17NO/c1-2-8-16(9-3-1)14-22-20-12-6-4-10-17(20)19-15-23-21-13-7-5-11-18(19)21/h1-13,15,22H,14H2. The number of furan rings is 1. The third kappa shape index (κ3) is 2.71. The zero-order valence-corrected chi connectivity index (χ0v) is 12.7. The van der Waals surface area contributed by atoms with Crippen LogP contribution in [0.15, 0.2) is 89.5 Å². The van der Waals surface area contributed by atoms with Gasteiger partial charge in [-0.2, -0.15) is 0 Å². The molecule has 4 aromatic rings. The Balaban J connectivity index is 1.70. The Labute approximate surface area is 135 Å². The van der Waals surface area contributed by atoms with Crippen LogP contribution in [0, 0.1) is 0 Å². The molecule has 0 saturated carbocycles. The lowest BCUT2D eigenvalue weighted by Gasteiger charge is -2.11. The van der Waals surface area contributed by atoms with E-state index in [1.54, 1.807) is 0 Å². The maximum atomic E-state index is 5.69. The Morgan fingerprint density at radius 3 is 2.35 bits per heavy atom. The second-order valence-electron chi connectivity index (χ2n) is 5.53. The molecule has 0 atom stereocenters. The van der Waals surface area contributed by atoms with Gasteiger partial charge in [0.1, 0.15) is 5.58 Å². The Morgan fingerprint density at radius 2 is 1.43 bits per heavy atom. The van der Waals surface area contributed by atoms with Crippen molar-refractivity contribution in [1.82, 2.24) is 0 Å². The maximum absolute atomic E-state index is 5.69. The van der Waals surface area contributed by atoms with Crippen LogP contribution in [0.25, 0.3) is 22.1 Å². The summed E-state index contributed by atoms with van der Waals surface area (Å²) in [6.07, 6.45) is 1.84. The zero-order chi connectivity index (χ0) is 15.5. The van der Waals surface area contributed by atoms with Crippen molar-refractivity contribution in [2.24, 2.45) is 0 Å². The molecule has 0 spiro atoms. The molecule has 0 fully saturated rings. The summed E-state index contributed by atoms with van der Waals surface area (Å²) in [6.45, 7) is 0.799. The first-order valence-electron chi connectivity index (χ1n) is 7.75. The lowest BCUT2D eigenvalue weighted by molar-refractivity contribution is 0.617. The first-order chi connectivity index (χ1) is 11.4. The number of nitrogens with one attached hydrogen (secondary N) is 1. The van der Waals surface area contributed by atoms with Gasteiger partial charge in [-0.1, -0.05) is 66.7 Å². The van der Waals surface area contributed by atoms with E-state index in [0.717, 1.165) is 34.3 Å². The molecule has 0 radical (unpaired) electrons. The predicted octanol–water partition coefficient (Wildman–Crippen LogP) is 5.71. The van der Waals surface area contributed by atoms with Gasteiger partial charge in [-0.25, -0.2) is 0 Å². The number of fused-ring (bicyclic) bond motifs is 1. The SMILES string of the molecule is c1ccc(CNc2ccccc2-c2coc3ccccc23)cc1. The molecule has 0 aliphatic heterocycles. The average molecular weight is 299 g/mol. The predicted molar refractivity (Wildman–Crippen MR) is 95.4 cm³/mol. The first kappa shape index (κ1) is 13.6. The summed E-state index contributed by atoms with van der Waals surface area (Å²) in [6, 6.07) is 26.9. The van der Waals surface area contributed by atoms with Gasteiger partial charge in [0.2, 0.25) is 0 Å². The topological polar surface area (TPSA) is 25.2 Å². The molecule has 0 bridgehead atoms. The molecule has 1 heterocycles. The molecule has 0 amide bonds. The van der Waals surface area contributed by atoms with Gasteiger partial charge < -0.3 is 9.73 Å². The van der Waals surface area contributed by atoms with Gasteiger partial charge in [0.25, 0.3) is 0 Å². The molecular weight excluding hydrogens is 282 g/mol. The zero-order valence-electron chi connectivity index (χ0n) is 12.7. The normalized spacial score (nSPS) is 10.8. The fourth-order valence-corrected chi connectivity index (χ4v) is 2.85. The highest BCUT2D eigenvalue weighted by atomic mass is 16.3. The van der Waals surface area contributed by atoms with Gasteiger partial charge in [0.15, 0.2) is 0 Å². The highest BCUT2D eigenvalue weighted by Crippen LogP contribution is 2.35. The molecule has 4 rings (SSSR count). The number of para-hydroxylation sites is 2. The van der Waals surface area contributed by atoms with E-state index in [-0.39, 0.29) is 0 Å². The molecular formula is C21H17NO. The number of hydrogen-bond acceptors (Lipinski definition) is 2. The third-order valence-corrected chi connectivity index (χ3v) is 4.02. The molecule has 3 aromatic carbocycles. The van der Waals surface area contributed by atoms with E-state index in [1.807, 2.05) is 30.5 Å². The van der Waals surface area contributed by atoms with Crippen LogP contribution in [0.4, 0.5) is 5.69 Å². The summed E-state index contributed by atoms with van der Waals surface area (Å²) in [5.41, 5.74) is 5.58. The van der Waals surface area contributed by atoms with Crippen LogP contribution in [0.3, 0.4) is 0 Å². The van der Waals surface area contributed by atoms with E-state index >= 15 is 0 Å². The quantitative estimate of drug-likeness (QED) is 0.522. The van der Waals surface area contributed by atoms with Gasteiger partial charge in [-0.15, -0.1) is 0 Å². The largest absolute Gasteiger partial charge is 0.464 e. The number of benzene rings is 3. The second-order valence-corrected chi connectivity index (χ2v) is 5.53. The van der Waals surface area contributed by atoms with Gasteiger partial charge >= 0.3 is 0 Å². The third-order valence-electron chi connectivity index (χ3n) is 4.02. The second kappa shape index (κ2) is 6.01. The van der Waals surface area contributed by atoms with Gasteiger partial charge in [0, 0.05) is 28.7 Å². The molecule has 0 aliphatic carbocycles. The van der Waals surface area contributed by atoms with Crippen LogP contribution >= 0.6 is 0 Å². The van der Waals surface area contributed by atoms with E-state index in [4.69, 9.17) is 4.42 Å². The Hall–Kier alpha value is -3.00. The number of rotatable bonds is 4. The van der Waals surface area contributed by atoms with E-state index in [0.29, 0.717) is 0 Å². The average Bonchev–Trinajstić information content (AvgIpc) is 3.05. The van der Waals surface area contributed by atoms with Crippen molar-refractivity contribution < 1.29 is 4.42 Å². The fraction of sp³-hybridized carbons (Fsp3) is 0.0476. The Morgan fingerprint density at radius 1 is 0.696 bits per heavy atom. The van der Waals surface area contributed by atoms with Crippen molar-refractivity contribution in [1.29, 1.82) is 0 Å². The minimum atomic E-state index is 0.799. The lowest BCUT2D eigenvalue weighted by atomic mass is 10.0. The molecule has 2 heteroatoms. The van der Waals surface area contributed by atoms with E-state index in [9.17, 15) is 0 Å². The van der Waals surface area contributed by atoms with Crippen molar-refractivity contribution in [2.45, 2.75) is 6.54 Å². The van der Waals surface area contributed by atoms with Crippen LogP contribution in [-0.2, 0) is 6.54 Å². The molecule has 2 nitrogen and oxygen atoms in total. The molecule has 0 unspecified atom stereocenters. The van der Waals surface area contributed by atoms with Crippen LogP contribution in [0.5, 0.6) is 0 Å². The monoisotopic (exact) mass is 299 g/mol. The van der Waals surface area contributed by atoms with Gasteiger partial charge in [-0.3, -0.25) is 0 Å². The van der Waals surface area contributed by atoms with Gasteiger partial charge in [-0.05, 0) is 17.7 Å². The van der Waals surface area contributed by atoms with E-state index in [2.05, 4.69) is 59.9 Å². The smallest absolute Gasteiger partial charge is 0.134 e. The highest BCUT2D eigenvalue weighted by Gasteiger charge is 2.11. The van der Waals surface area contributed by atoms with Crippen LogP contribution in [0.1, 0.15) is 5.56 Å². The summed E-state index contributed by atoms with van der Waals surface area (Å²) < 4.78 is 5.69. The van der Waals surface area contributed by atoms with Crippen molar-refractivity contribution in [3.8, 4) is 11.1 Å². The van der Waals surface area contributed by atoms with E-state index in [1.165, 1.54) is 5.56 Å². The molecule has 1 aromatic heterocycles. The number of hydrogen-bond donors (Lipinski definition) is 1. The first-order valence-corrected chi connectivity index (χ1v) is 7.75. The summed E-state index contributed by atoms with van der Waals surface area (Å²) in [5.74, 6) is 0. The minimum Gasteiger partial charge on any atom is -0.464 e. The van der Waals surface area contributed by atoms with Crippen molar-refractivity contribution >= 4 is 16.7 Å². The highest BCUT2D eigenvalue weighted by molar-refractivity contribution is 5.97. The Bertz CT molecular complexity index is 925. The summed E-state index contributed by atoms with van der Waals surface area (Å²) in [5, 5.41) is 4.68. The molecule has 23 heavy (non-hydrogen) atoms. The molecule has 1 N–H and O–H groups in total. The van der Waals surface area contributed by atoms with Crippen LogP contribution in [0.2, 0.25) is 0 Å². The van der Waals surface area contributed by atoms with E-state index < -0.39 is 0 Å². The van der Waals surface area contributed by atoms with Crippen molar-refractivity contribution in [3.63, 3.8) is 0 Å². The van der Waals surface area contributed by atoms with Crippen LogP contribution < -0.4 is 5.32 Å². The van der Waals surface area contributed by atoms with Crippen molar-refractivity contribution in [3.05, 3.63) is 90.7 Å². The Kier molecular flexibility index (Phi) is 3.57. The maximum Gasteiger partial charge on any atom is 0.134 e. The summed E-state index contributed by atoms with van der Waals surface area (Å²) >= 11 is 0. The molecule has 0 aliphatic rings. The van der Waals surface area contributed by atoms with Gasteiger partial charge in [0.05, 0.1) is 6.26 Å². The summed E-state index contributed by atoms with van der Waals surface area (Å²) in [4.78, 5) is 0. The molecule has 112 valence electrons. The summed E-state index contributed by atoms with van der Waals surface area (Å²) in [7, 11) is 0.